The topological polar surface area (TPSA) is 81.4 Å². The number of ether oxygens (including phenoxy) is 1. The molecule has 1 atom stereocenters. The van der Waals surface area contributed by atoms with Crippen LogP contribution >= 0.6 is 0 Å². The summed E-state index contributed by atoms with van der Waals surface area (Å²) in [4.78, 5) is 0.254. The lowest BCUT2D eigenvalue weighted by Gasteiger charge is -2.10. The Labute approximate surface area is 127 Å². The highest BCUT2D eigenvalue weighted by Gasteiger charge is 2.14. The van der Waals surface area contributed by atoms with Crippen molar-refractivity contribution < 1.29 is 13.2 Å². The van der Waals surface area contributed by atoms with E-state index >= 15 is 0 Å². The van der Waals surface area contributed by atoms with E-state index in [-0.39, 0.29) is 10.9 Å². The standard InChI is InChI=1S/C15H26N2O3S/c1-3-4-10-20-11-6-9-17-21(18,19)15-8-5-7-14(12-15)13(2)16/h5,7-8,12-13,17H,3-4,6,9-11,16H2,1-2H3. The van der Waals surface area contributed by atoms with Gasteiger partial charge in [0.15, 0.2) is 0 Å². The van der Waals surface area contributed by atoms with Crippen molar-refractivity contribution in [3.8, 4) is 0 Å². The summed E-state index contributed by atoms with van der Waals surface area (Å²) < 4.78 is 32.3. The van der Waals surface area contributed by atoms with Gasteiger partial charge in [0.25, 0.3) is 0 Å². The van der Waals surface area contributed by atoms with Crippen molar-refractivity contribution in [2.75, 3.05) is 19.8 Å². The van der Waals surface area contributed by atoms with E-state index in [0.29, 0.717) is 19.6 Å². The Morgan fingerprint density at radius 2 is 2.00 bits per heavy atom. The summed E-state index contributed by atoms with van der Waals surface area (Å²) in [5.74, 6) is 0. The van der Waals surface area contributed by atoms with E-state index in [4.69, 9.17) is 10.5 Å². The van der Waals surface area contributed by atoms with Crippen LogP contribution in [0.3, 0.4) is 0 Å². The van der Waals surface area contributed by atoms with Gasteiger partial charge in [-0.05, 0) is 37.5 Å². The van der Waals surface area contributed by atoms with Crippen LogP contribution in [0.15, 0.2) is 29.2 Å². The second kappa shape index (κ2) is 9.15. The molecule has 120 valence electrons. The molecular weight excluding hydrogens is 288 g/mol. The van der Waals surface area contributed by atoms with Crippen LogP contribution in [0.1, 0.15) is 44.7 Å². The highest BCUT2D eigenvalue weighted by molar-refractivity contribution is 7.89. The van der Waals surface area contributed by atoms with Crippen molar-refractivity contribution in [1.82, 2.24) is 4.72 Å². The molecule has 0 aliphatic rings. The summed E-state index contributed by atoms with van der Waals surface area (Å²) in [6.07, 6.45) is 2.80. The first-order valence-corrected chi connectivity index (χ1v) is 8.88. The normalized spacial score (nSPS) is 13.3. The molecule has 0 aliphatic heterocycles. The molecule has 0 spiro atoms. The Kier molecular flexibility index (Phi) is 7.88. The third-order valence-electron chi connectivity index (χ3n) is 3.09. The maximum Gasteiger partial charge on any atom is 0.240 e. The van der Waals surface area contributed by atoms with Gasteiger partial charge in [-0.15, -0.1) is 0 Å². The lowest BCUT2D eigenvalue weighted by atomic mass is 10.1. The first kappa shape index (κ1) is 18.1. The Hall–Kier alpha value is -0.950. The van der Waals surface area contributed by atoms with Crippen LogP contribution in [0.2, 0.25) is 0 Å². The van der Waals surface area contributed by atoms with Gasteiger partial charge < -0.3 is 10.5 Å². The molecule has 1 aromatic carbocycles. The van der Waals surface area contributed by atoms with Gasteiger partial charge >= 0.3 is 0 Å². The fourth-order valence-electron chi connectivity index (χ4n) is 1.78. The smallest absolute Gasteiger partial charge is 0.240 e. The van der Waals surface area contributed by atoms with Crippen LogP contribution in [-0.4, -0.2) is 28.2 Å². The summed E-state index contributed by atoms with van der Waals surface area (Å²) in [5, 5.41) is 0. The number of sulfonamides is 1. The van der Waals surface area contributed by atoms with E-state index in [9.17, 15) is 8.42 Å². The molecule has 0 aromatic heterocycles. The van der Waals surface area contributed by atoms with Gasteiger partial charge in [-0.3, -0.25) is 0 Å². The predicted octanol–water partition coefficient (Wildman–Crippen LogP) is 2.19. The molecular formula is C15H26N2O3S. The van der Waals surface area contributed by atoms with Crippen LogP contribution in [-0.2, 0) is 14.8 Å². The first-order valence-electron chi connectivity index (χ1n) is 7.40. The van der Waals surface area contributed by atoms with E-state index in [0.717, 1.165) is 25.0 Å². The van der Waals surface area contributed by atoms with E-state index in [1.54, 1.807) is 18.2 Å². The lowest BCUT2D eigenvalue weighted by molar-refractivity contribution is 0.130. The van der Waals surface area contributed by atoms with Crippen molar-refractivity contribution >= 4 is 10.0 Å². The molecule has 1 aromatic rings. The SMILES string of the molecule is CCCCOCCCNS(=O)(=O)c1cccc(C(C)N)c1. The molecule has 0 heterocycles. The third-order valence-corrected chi connectivity index (χ3v) is 4.55. The molecule has 0 radical (unpaired) electrons. The molecule has 21 heavy (non-hydrogen) atoms. The zero-order valence-corrected chi connectivity index (χ0v) is 13.7. The molecule has 1 rings (SSSR count). The van der Waals surface area contributed by atoms with Crippen LogP contribution in [0.5, 0.6) is 0 Å². The number of hydrogen-bond donors (Lipinski definition) is 2. The van der Waals surface area contributed by atoms with Crippen LogP contribution in [0.4, 0.5) is 0 Å². The lowest BCUT2D eigenvalue weighted by Crippen LogP contribution is -2.26. The Morgan fingerprint density at radius 1 is 1.29 bits per heavy atom. The fraction of sp³-hybridized carbons (Fsp3) is 0.600. The minimum Gasteiger partial charge on any atom is -0.381 e. The maximum absolute atomic E-state index is 12.1. The minimum atomic E-state index is -3.47. The van der Waals surface area contributed by atoms with Gasteiger partial charge in [-0.2, -0.15) is 0 Å². The number of hydrogen-bond acceptors (Lipinski definition) is 4. The van der Waals surface area contributed by atoms with Crippen LogP contribution in [0.25, 0.3) is 0 Å². The van der Waals surface area contributed by atoms with Crippen LogP contribution in [0, 0.1) is 0 Å². The molecule has 0 fully saturated rings. The number of rotatable bonds is 10. The van der Waals surface area contributed by atoms with Crippen molar-refractivity contribution in [3.63, 3.8) is 0 Å². The van der Waals surface area contributed by atoms with Gasteiger partial charge in [-0.25, -0.2) is 13.1 Å². The Balaban J connectivity index is 2.45. The van der Waals surface area contributed by atoms with Crippen LogP contribution < -0.4 is 10.5 Å². The summed E-state index contributed by atoms with van der Waals surface area (Å²) in [7, 11) is -3.47. The molecule has 0 saturated heterocycles. The second-order valence-corrected chi connectivity index (χ2v) is 6.85. The highest BCUT2D eigenvalue weighted by Crippen LogP contribution is 2.15. The molecule has 3 N–H and O–H groups in total. The van der Waals surface area contributed by atoms with Gasteiger partial charge in [-0.1, -0.05) is 25.5 Å². The molecule has 5 nitrogen and oxygen atoms in total. The first-order chi connectivity index (χ1) is 9.97. The zero-order chi connectivity index (χ0) is 15.7. The van der Waals surface area contributed by atoms with Gasteiger partial charge in [0.1, 0.15) is 0 Å². The van der Waals surface area contributed by atoms with Crippen molar-refractivity contribution in [1.29, 1.82) is 0 Å². The van der Waals surface area contributed by atoms with Gasteiger partial charge in [0.05, 0.1) is 4.90 Å². The number of benzene rings is 1. The quantitative estimate of drug-likeness (QED) is 0.649. The van der Waals surface area contributed by atoms with Gasteiger partial charge in [0.2, 0.25) is 10.0 Å². The molecule has 0 amide bonds. The van der Waals surface area contributed by atoms with E-state index in [1.165, 1.54) is 0 Å². The summed E-state index contributed by atoms with van der Waals surface area (Å²) in [6.45, 7) is 5.61. The summed E-state index contributed by atoms with van der Waals surface area (Å²) in [5.41, 5.74) is 6.58. The number of unbranched alkanes of at least 4 members (excludes halogenated alkanes) is 1. The van der Waals surface area contributed by atoms with Crippen molar-refractivity contribution in [3.05, 3.63) is 29.8 Å². The molecule has 0 bridgehead atoms. The predicted molar refractivity (Wildman–Crippen MR) is 84.6 cm³/mol. The fourth-order valence-corrected chi connectivity index (χ4v) is 2.91. The third kappa shape index (κ3) is 6.56. The maximum atomic E-state index is 12.1. The molecule has 0 aliphatic carbocycles. The largest absolute Gasteiger partial charge is 0.381 e. The average Bonchev–Trinajstić information content (AvgIpc) is 2.46. The number of nitrogens with two attached hydrogens (primary N) is 1. The summed E-state index contributed by atoms with van der Waals surface area (Å²) >= 11 is 0. The number of nitrogens with one attached hydrogen (secondary N) is 1. The Bertz CT molecular complexity index is 515. The highest BCUT2D eigenvalue weighted by atomic mass is 32.2. The van der Waals surface area contributed by atoms with E-state index < -0.39 is 10.0 Å². The Morgan fingerprint density at radius 3 is 2.67 bits per heavy atom. The monoisotopic (exact) mass is 314 g/mol. The zero-order valence-electron chi connectivity index (χ0n) is 12.8. The van der Waals surface area contributed by atoms with E-state index in [1.807, 2.05) is 13.0 Å². The molecule has 6 heteroatoms. The molecule has 0 saturated carbocycles. The van der Waals surface area contributed by atoms with Crippen molar-refractivity contribution in [2.24, 2.45) is 5.73 Å². The summed E-state index contributed by atoms with van der Waals surface area (Å²) in [6, 6.07) is 6.54. The average molecular weight is 314 g/mol. The minimum absolute atomic E-state index is 0.188. The second-order valence-electron chi connectivity index (χ2n) is 5.08. The van der Waals surface area contributed by atoms with Gasteiger partial charge in [0, 0.05) is 25.8 Å². The van der Waals surface area contributed by atoms with Crippen molar-refractivity contribution in [2.45, 2.75) is 44.0 Å². The molecule has 1 unspecified atom stereocenters. The van der Waals surface area contributed by atoms with E-state index in [2.05, 4.69) is 11.6 Å².